The molecule has 150 valence electrons. The van der Waals surface area contributed by atoms with E-state index in [-0.39, 0.29) is 22.4 Å². The van der Waals surface area contributed by atoms with Gasteiger partial charge in [-0.25, -0.2) is 0 Å². The number of nitrogens with one attached hydrogen (secondary N) is 1. The number of nitro benzene ring substituents is 1. The van der Waals surface area contributed by atoms with E-state index in [0.29, 0.717) is 23.3 Å². The number of nitro groups is 1. The summed E-state index contributed by atoms with van der Waals surface area (Å²) in [5, 5.41) is 22.7. The lowest BCUT2D eigenvalue weighted by atomic mass is 10.3. The normalized spacial score (nSPS) is 13.4. The Kier molecular flexibility index (Phi) is 5.54. The van der Waals surface area contributed by atoms with Crippen LogP contribution in [0.2, 0.25) is 5.02 Å². The molecule has 3 aromatic rings. The first-order chi connectivity index (χ1) is 14.0. The van der Waals surface area contributed by atoms with Gasteiger partial charge in [0.2, 0.25) is 5.91 Å². The highest BCUT2D eigenvalue weighted by atomic mass is 35.5. The third kappa shape index (κ3) is 4.60. The van der Waals surface area contributed by atoms with Gasteiger partial charge < -0.3 is 9.73 Å². The molecule has 1 N–H and O–H groups in total. The number of carbonyl (C=O) groups excluding carboxylic acids is 1. The lowest BCUT2D eigenvalue weighted by molar-refractivity contribution is -0.384. The monoisotopic (exact) mass is 433 g/mol. The average molecular weight is 434 g/mol. The Bertz CT molecular complexity index is 1050. The zero-order valence-corrected chi connectivity index (χ0v) is 16.7. The van der Waals surface area contributed by atoms with Crippen LogP contribution in [0.1, 0.15) is 30.3 Å². The van der Waals surface area contributed by atoms with Gasteiger partial charge in [0.15, 0.2) is 5.16 Å². The maximum atomic E-state index is 12.3. The molecule has 0 spiro atoms. The van der Waals surface area contributed by atoms with Gasteiger partial charge in [-0.3, -0.25) is 19.5 Å². The number of halogens is 1. The lowest BCUT2D eigenvalue weighted by Crippen LogP contribution is -2.15. The zero-order valence-electron chi connectivity index (χ0n) is 15.1. The Hall–Kier alpha value is -2.85. The van der Waals surface area contributed by atoms with Crippen molar-refractivity contribution in [3.05, 3.63) is 63.3 Å². The number of carbonyl (C=O) groups is 1. The third-order valence-corrected chi connectivity index (χ3v) is 5.63. The minimum absolute atomic E-state index is 0.0915. The van der Waals surface area contributed by atoms with Crippen molar-refractivity contribution in [2.45, 2.75) is 30.5 Å². The van der Waals surface area contributed by atoms with Crippen molar-refractivity contribution in [3.8, 4) is 0 Å². The van der Waals surface area contributed by atoms with Crippen LogP contribution in [0.3, 0.4) is 0 Å². The van der Waals surface area contributed by atoms with Crippen LogP contribution in [0.25, 0.3) is 0 Å². The molecule has 0 atom stereocenters. The molecule has 1 fully saturated rings. The van der Waals surface area contributed by atoms with E-state index in [4.69, 9.17) is 16.0 Å². The van der Waals surface area contributed by atoms with E-state index in [1.807, 2.05) is 16.7 Å². The smallest absolute Gasteiger partial charge is 0.271 e. The second-order valence-electron chi connectivity index (χ2n) is 6.54. The number of thioether (sulfide) groups is 1. The molecular formula is C18H16ClN5O4S. The summed E-state index contributed by atoms with van der Waals surface area (Å²) in [5.74, 6) is 1.89. The minimum Gasteiger partial charge on any atom is -0.467 e. The summed E-state index contributed by atoms with van der Waals surface area (Å²) in [5.41, 5.74) is 0.180. The first kappa shape index (κ1) is 19.5. The molecule has 2 heterocycles. The number of amides is 1. The van der Waals surface area contributed by atoms with Crippen LogP contribution in [0.5, 0.6) is 0 Å². The number of nitrogens with zero attached hydrogens (tertiary/aromatic N) is 4. The standard InChI is InChI=1S/C18H16ClN5O4S/c19-14-8-12(24(26)27)5-6-15(14)20-16(25)10-29-18-22-21-17(11-3-4-11)23(18)9-13-2-1-7-28-13/h1-2,5-8,11H,3-4,9-10H2,(H,20,25). The lowest BCUT2D eigenvalue weighted by Gasteiger charge is -2.09. The van der Waals surface area contributed by atoms with Gasteiger partial charge in [0, 0.05) is 18.1 Å². The van der Waals surface area contributed by atoms with Crippen molar-refractivity contribution >= 4 is 40.6 Å². The van der Waals surface area contributed by atoms with Crippen LogP contribution in [0.15, 0.2) is 46.2 Å². The summed E-state index contributed by atoms with van der Waals surface area (Å²) in [6, 6.07) is 7.61. The quantitative estimate of drug-likeness (QED) is 0.323. The molecule has 9 nitrogen and oxygen atoms in total. The largest absolute Gasteiger partial charge is 0.467 e. The maximum absolute atomic E-state index is 12.3. The van der Waals surface area contributed by atoms with Crippen LogP contribution in [0, 0.1) is 10.1 Å². The van der Waals surface area contributed by atoms with Crippen LogP contribution in [0.4, 0.5) is 11.4 Å². The van der Waals surface area contributed by atoms with Crippen molar-refractivity contribution in [2.24, 2.45) is 0 Å². The number of hydrogen-bond acceptors (Lipinski definition) is 7. The predicted molar refractivity (Wildman–Crippen MR) is 107 cm³/mol. The fraction of sp³-hybridized carbons (Fsp3) is 0.278. The van der Waals surface area contributed by atoms with Crippen LogP contribution in [-0.4, -0.2) is 31.3 Å². The topological polar surface area (TPSA) is 116 Å². The van der Waals surface area contributed by atoms with Gasteiger partial charge in [-0.1, -0.05) is 23.4 Å². The molecule has 1 saturated carbocycles. The first-order valence-electron chi connectivity index (χ1n) is 8.83. The number of rotatable bonds is 8. The van der Waals surface area contributed by atoms with Crippen molar-refractivity contribution in [1.82, 2.24) is 14.8 Å². The van der Waals surface area contributed by atoms with Gasteiger partial charge in [-0.15, -0.1) is 10.2 Å². The van der Waals surface area contributed by atoms with E-state index in [0.717, 1.165) is 24.4 Å². The summed E-state index contributed by atoms with van der Waals surface area (Å²) in [6.07, 6.45) is 3.78. The summed E-state index contributed by atoms with van der Waals surface area (Å²) < 4.78 is 7.41. The first-order valence-corrected chi connectivity index (χ1v) is 10.2. The van der Waals surface area contributed by atoms with Crippen LogP contribution in [-0.2, 0) is 11.3 Å². The number of furan rings is 1. The summed E-state index contributed by atoms with van der Waals surface area (Å²) in [6.45, 7) is 0.504. The van der Waals surface area contributed by atoms with Crippen LogP contribution < -0.4 is 5.32 Å². The van der Waals surface area contributed by atoms with E-state index in [2.05, 4.69) is 15.5 Å². The van der Waals surface area contributed by atoms with Gasteiger partial charge in [0.25, 0.3) is 5.69 Å². The number of non-ortho nitro benzene ring substituents is 1. The Morgan fingerprint density at radius 1 is 1.38 bits per heavy atom. The zero-order chi connectivity index (χ0) is 20.4. The number of anilines is 1. The minimum atomic E-state index is -0.545. The Balaban J connectivity index is 1.42. The highest BCUT2D eigenvalue weighted by molar-refractivity contribution is 7.99. The third-order valence-electron chi connectivity index (χ3n) is 4.35. The van der Waals surface area contributed by atoms with E-state index in [1.165, 1.54) is 30.0 Å². The van der Waals surface area contributed by atoms with E-state index in [9.17, 15) is 14.9 Å². The molecule has 11 heteroatoms. The molecule has 0 bridgehead atoms. The Labute approximate surface area is 174 Å². The molecule has 0 aliphatic heterocycles. The number of hydrogen-bond donors (Lipinski definition) is 1. The molecule has 0 radical (unpaired) electrons. The number of aromatic nitrogens is 3. The van der Waals surface area contributed by atoms with Gasteiger partial charge in [0.05, 0.1) is 34.2 Å². The highest BCUT2D eigenvalue weighted by Crippen LogP contribution is 2.40. The fourth-order valence-electron chi connectivity index (χ4n) is 2.79. The molecule has 1 amide bonds. The average Bonchev–Trinajstić information content (AvgIpc) is 3.25. The second kappa shape index (κ2) is 8.26. The Morgan fingerprint density at radius 3 is 2.86 bits per heavy atom. The molecule has 1 aromatic carbocycles. The molecular weight excluding hydrogens is 418 g/mol. The SMILES string of the molecule is O=C(CSc1nnc(C2CC2)n1Cc1ccco1)Nc1ccc([N+](=O)[O-])cc1Cl. The van der Waals surface area contributed by atoms with Crippen molar-refractivity contribution in [2.75, 3.05) is 11.1 Å². The van der Waals surface area contributed by atoms with Crippen LogP contribution >= 0.6 is 23.4 Å². The molecule has 1 aliphatic carbocycles. The fourth-order valence-corrected chi connectivity index (χ4v) is 3.76. The summed E-state index contributed by atoms with van der Waals surface area (Å²) >= 11 is 7.28. The Morgan fingerprint density at radius 2 is 2.21 bits per heavy atom. The van der Waals surface area contributed by atoms with Gasteiger partial charge in [-0.05, 0) is 31.0 Å². The second-order valence-corrected chi connectivity index (χ2v) is 7.89. The highest BCUT2D eigenvalue weighted by Gasteiger charge is 2.30. The molecule has 0 unspecified atom stereocenters. The molecule has 1 aliphatic rings. The molecule has 0 saturated heterocycles. The van der Waals surface area contributed by atoms with E-state index < -0.39 is 4.92 Å². The maximum Gasteiger partial charge on any atom is 0.271 e. The van der Waals surface area contributed by atoms with Crippen molar-refractivity contribution < 1.29 is 14.1 Å². The van der Waals surface area contributed by atoms with Gasteiger partial charge in [0.1, 0.15) is 11.6 Å². The molecule has 2 aromatic heterocycles. The summed E-state index contributed by atoms with van der Waals surface area (Å²) in [7, 11) is 0. The molecule has 4 rings (SSSR count). The van der Waals surface area contributed by atoms with Crippen molar-refractivity contribution in [1.29, 1.82) is 0 Å². The molecule has 29 heavy (non-hydrogen) atoms. The number of benzene rings is 1. The van der Waals surface area contributed by atoms with Gasteiger partial charge >= 0.3 is 0 Å². The van der Waals surface area contributed by atoms with Crippen molar-refractivity contribution in [3.63, 3.8) is 0 Å². The van der Waals surface area contributed by atoms with Gasteiger partial charge in [-0.2, -0.15) is 0 Å². The van der Waals surface area contributed by atoms with E-state index in [1.54, 1.807) is 6.26 Å². The van der Waals surface area contributed by atoms with E-state index >= 15 is 0 Å². The summed E-state index contributed by atoms with van der Waals surface area (Å²) in [4.78, 5) is 22.6. The predicted octanol–water partition coefficient (Wildman–Crippen LogP) is 4.09.